The summed E-state index contributed by atoms with van der Waals surface area (Å²) < 4.78 is 106. The molecule has 0 saturated carbocycles. The zero-order valence-electron chi connectivity index (χ0n) is 25.1. The van der Waals surface area contributed by atoms with Gasteiger partial charge >= 0.3 is 0 Å². The molecule has 0 radical (unpaired) electrons. The van der Waals surface area contributed by atoms with Crippen molar-refractivity contribution in [3.63, 3.8) is 0 Å². The van der Waals surface area contributed by atoms with E-state index in [1.54, 1.807) is 43.3 Å². The molecule has 0 unspecified atom stereocenters. The van der Waals surface area contributed by atoms with Crippen LogP contribution in [0.15, 0.2) is 92.8 Å². The maximum absolute atomic E-state index is 12.2. The van der Waals surface area contributed by atoms with Crippen molar-refractivity contribution in [2.45, 2.75) is 16.7 Å². The van der Waals surface area contributed by atoms with Gasteiger partial charge in [0.1, 0.15) is 15.5 Å². The second kappa shape index (κ2) is 13.6. The predicted molar refractivity (Wildman–Crippen MR) is 179 cm³/mol. The van der Waals surface area contributed by atoms with Crippen LogP contribution in [-0.2, 0) is 30.4 Å². The highest BCUT2D eigenvalue weighted by Gasteiger charge is 2.23. The molecule has 5 rings (SSSR count). The van der Waals surface area contributed by atoms with Crippen LogP contribution in [-0.4, -0.2) is 66.9 Å². The van der Waals surface area contributed by atoms with Crippen LogP contribution in [0.4, 0.5) is 34.6 Å². The van der Waals surface area contributed by atoms with Crippen LogP contribution in [0.2, 0.25) is 5.28 Å². The number of nitrogens with zero attached hydrogens (tertiary/aromatic N) is 6. The summed E-state index contributed by atoms with van der Waals surface area (Å²) in [5.41, 5.74) is 1.17. The van der Waals surface area contributed by atoms with Gasteiger partial charge in [-0.15, -0.1) is 0 Å². The minimum atomic E-state index is -4.87. The van der Waals surface area contributed by atoms with Crippen molar-refractivity contribution in [2.75, 3.05) is 23.2 Å². The molecule has 5 aromatic rings. The predicted octanol–water partition coefficient (Wildman–Crippen LogP) is 5.63. The van der Waals surface area contributed by atoms with Crippen LogP contribution in [0.1, 0.15) is 5.56 Å². The third kappa shape index (κ3) is 8.43. The van der Waals surface area contributed by atoms with Gasteiger partial charge in [-0.05, 0) is 60.5 Å². The molecule has 0 aliphatic heterocycles. The fourth-order valence-electron chi connectivity index (χ4n) is 4.62. The Bertz CT molecular complexity index is 2450. The molecule has 0 spiro atoms. The lowest BCUT2D eigenvalue weighted by Crippen LogP contribution is -2.27. The highest BCUT2D eigenvalue weighted by atomic mass is 35.5. The summed E-state index contributed by atoms with van der Waals surface area (Å²) in [4.78, 5) is 12.2. The lowest BCUT2D eigenvalue weighted by Gasteiger charge is -2.21. The number of anilines is 4. The van der Waals surface area contributed by atoms with Crippen molar-refractivity contribution >= 4 is 87.4 Å². The molecule has 0 aliphatic carbocycles. The molecule has 4 N–H and O–H groups in total. The van der Waals surface area contributed by atoms with Gasteiger partial charge in [0.05, 0.1) is 24.2 Å². The molecule has 0 amide bonds. The largest absolute Gasteiger partial charge is 0.494 e. The third-order valence-electron chi connectivity index (χ3n) is 6.69. The SMILES string of the molecule is COc1cc(N=Nc2cc(S(=O)(=O)O)c3cccc(S(=O)(=O)O)c3c2)c(C)cc1Nc1nc(Cl)nc(N(CS(=O)(=O)O)c2ccccc2)n1. The Hall–Kier alpha value is -4.83. The van der Waals surface area contributed by atoms with Gasteiger partial charge in [-0.3, -0.25) is 18.6 Å². The molecule has 0 fully saturated rings. The summed E-state index contributed by atoms with van der Waals surface area (Å²) in [6, 6.07) is 16.9. The van der Waals surface area contributed by atoms with Crippen molar-refractivity contribution in [1.29, 1.82) is 0 Å². The lowest BCUT2D eigenvalue weighted by atomic mass is 10.1. The number of hydrogen-bond donors (Lipinski definition) is 4. The number of halogens is 1. The van der Waals surface area contributed by atoms with Crippen molar-refractivity contribution in [1.82, 2.24) is 15.0 Å². The van der Waals surface area contributed by atoms with Gasteiger partial charge in [0, 0.05) is 22.5 Å². The Morgan fingerprint density at radius 2 is 1.51 bits per heavy atom. The van der Waals surface area contributed by atoms with Crippen molar-refractivity contribution < 1.29 is 43.6 Å². The Morgan fingerprint density at radius 3 is 2.14 bits per heavy atom. The summed E-state index contributed by atoms with van der Waals surface area (Å²) in [6.07, 6.45) is 0. The van der Waals surface area contributed by atoms with E-state index in [0.29, 0.717) is 16.9 Å². The highest BCUT2D eigenvalue weighted by molar-refractivity contribution is 7.86. The number of benzene rings is 4. The number of azo groups is 1. The molecular formula is C28H24ClN7O10S3. The maximum Gasteiger partial charge on any atom is 0.295 e. The Kier molecular flexibility index (Phi) is 9.84. The van der Waals surface area contributed by atoms with Crippen LogP contribution in [0.25, 0.3) is 10.8 Å². The van der Waals surface area contributed by atoms with Crippen molar-refractivity contribution in [2.24, 2.45) is 10.2 Å². The second-order valence-electron chi connectivity index (χ2n) is 10.1. The van der Waals surface area contributed by atoms with Crippen LogP contribution in [0, 0.1) is 6.92 Å². The molecule has 1 aromatic heterocycles. The van der Waals surface area contributed by atoms with Gasteiger partial charge in [0.25, 0.3) is 30.4 Å². The minimum Gasteiger partial charge on any atom is -0.494 e. The van der Waals surface area contributed by atoms with Gasteiger partial charge in [-0.2, -0.15) is 50.4 Å². The molecule has 0 bridgehead atoms. The molecule has 21 heteroatoms. The maximum atomic E-state index is 12.2. The average Bonchev–Trinajstić information content (AvgIpc) is 3.01. The van der Waals surface area contributed by atoms with E-state index in [0.717, 1.165) is 17.0 Å². The number of para-hydroxylation sites is 1. The first-order chi connectivity index (χ1) is 22.9. The summed E-state index contributed by atoms with van der Waals surface area (Å²) in [5.74, 6) is -1.04. The second-order valence-corrected chi connectivity index (χ2v) is 14.7. The first-order valence-electron chi connectivity index (χ1n) is 13.5. The molecular weight excluding hydrogens is 726 g/mol. The molecule has 0 saturated heterocycles. The third-order valence-corrected chi connectivity index (χ3v) is 9.25. The first kappa shape index (κ1) is 35.5. The van der Waals surface area contributed by atoms with Crippen molar-refractivity contribution in [3.05, 3.63) is 83.6 Å². The fraction of sp³-hybridized carbons (Fsp3) is 0.107. The van der Waals surface area contributed by atoms with Gasteiger partial charge in [-0.1, -0.05) is 30.3 Å². The molecule has 4 aromatic carbocycles. The zero-order valence-corrected chi connectivity index (χ0v) is 28.3. The lowest BCUT2D eigenvalue weighted by molar-refractivity contribution is 0.417. The normalized spacial score (nSPS) is 12.4. The number of aromatic nitrogens is 3. The van der Waals surface area contributed by atoms with E-state index in [1.807, 2.05) is 0 Å². The number of methoxy groups -OCH3 is 1. The average molecular weight is 750 g/mol. The number of rotatable bonds is 11. The van der Waals surface area contributed by atoms with Gasteiger partial charge < -0.3 is 10.1 Å². The van der Waals surface area contributed by atoms with Crippen LogP contribution in [0.5, 0.6) is 5.75 Å². The minimum absolute atomic E-state index is 0.123. The monoisotopic (exact) mass is 749 g/mol. The van der Waals surface area contributed by atoms with E-state index < -0.39 is 46.0 Å². The zero-order chi connectivity index (χ0) is 35.7. The summed E-state index contributed by atoms with van der Waals surface area (Å²) in [5, 5.41) is 10.4. The number of aryl methyl sites for hydroxylation is 1. The highest BCUT2D eigenvalue weighted by Crippen LogP contribution is 2.37. The topological polar surface area (TPSA) is 251 Å². The fourth-order valence-corrected chi connectivity index (χ4v) is 6.79. The van der Waals surface area contributed by atoms with E-state index in [-0.39, 0.29) is 45.1 Å². The van der Waals surface area contributed by atoms with Crippen LogP contribution < -0.4 is 15.0 Å². The summed E-state index contributed by atoms with van der Waals surface area (Å²) >= 11 is 6.16. The Morgan fingerprint density at radius 1 is 0.816 bits per heavy atom. The number of fused-ring (bicyclic) bond motifs is 1. The van der Waals surface area contributed by atoms with E-state index in [2.05, 4.69) is 30.5 Å². The van der Waals surface area contributed by atoms with E-state index in [1.165, 1.54) is 31.4 Å². The Labute approximate surface area is 284 Å². The summed E-state index contributed by atoms with van der Waals surface area (Å²) in [7, 11) is -12.8. The molecule has 1 heterocycles. The van der Waals surface area contributed by atoms with Gasteiger partial charge in [0.15, 0.2) is 5.88 Å². The van der Waals surface area contributed by atoms with E-state index >= 15 is 0 Å². The molecule has 49 heavy (non-hydrogen) atoms. The van der Waals surface area contributed by atoms with E-state index in [4.69, 9.17) is 16.3 Å². The number of ether oxygens (including phenoxy) is 1. The quantitative estimate of drug-likeness (QED) is 0.0943. The summed E-state index contributed by atoms with van der Waals surface area (Å²) in [6.45, 7) is 1.65. The van der Waals surface area contributed by atoms with Crippen molar-refractivity contribution in [3.8, 4) is 5.75 Å². The molecule has 17 nitrogen and oxygen atoms in total. The molecule has 0 aliphatic rings. The van der Waals surface area contributed by atoms with E-state index in [9.17, 15) is 38.9 Å². The van der Waals surface area contributed by atoms with Crippen LogP contribution in [0.3, 0.4) is 0 Å². The smallest absolute Gasteiger partial charge is 0.295 e. The number of nitrogens with one attached hydrogen (secondary N) is 1. The first-order valence-corrected chi connectivity index (χ1v) is 18.4. The van der Waals surface area contributed by atoms with Gasteiger partial charge in [-0.25, -0.2) is 0 Å². The van der Waals surface area contributed by atoms with Gasteiger partial charge in [0.2, 0.25) is 17.2 Å². The molecule has 0 atom stereocenters. The number of hydrogen-bond acceptors (Lipinski definition) is 14. The Balaban J connectivity index is 1.52. The van der Waals surface area contributed by atoms with Crippen LogP contribution >= 0.6 is 11.6 Å². The molecule has 256 valence electrons. The standard InChI is InChI=1S/C28H24ClN7O10S3/c1-16-11-22(30-27-31-26(29)32-28(33-27)36(15-47(37,38)39)18-7-4-3-5-8-18)23(46-2)14-21(16)35-34-17-12-20-19(25(13-17)49(43,44)45)9-6-10-24(20)48(40,41)42/h3-14H,15H2,1-2H3,(H,37,38,39)(H,40,41,42)(H,43,44,45)(H,30,31,32,33).